The summed E-state index contributed by atoms with van der Waals surface area (Å²) >= 11 is 0. The summed E-state index contributed by atoms with van der Waals surface area (Å²) in [5.41, 5.74) is 1.91. The fourth-order valence-corrected chi connectivity index (χ4v) is 3.03. The molecule has 9 nitrogen and oxygen atoms in total. The van der Waals surface area contributed by atoms with E-state index >= 15 is 0 Å². The number of carbonyl (C=O) groups is 1. The molecular weight excluding hydrogens is 362 g/mol. The number of carboxylic acid groups (broad SMARTS) is 1. The average molecular weight is 385 g/mol. The smallest absolute Gasteiger partial charge is 0.322 e. The molecule has 0 bridgehead atoms. The number of hydrogen-bond donors (Lipinski definition) is 3. The largest absolute Gasteiger partial charge is 0.493 e. The molecule has 3 aromatic rings. The summed E-state index contributed by atoms with van der Waals surface area (Å²) in [5.74, 6) is 0.622. The van der Waals surface area contributed by atoms with Crippen LogP contribution in [0.2, 0.25) is 0 Å². The van der Waals surface area contributed by atoms with E-state index in [1.165, 1.54) is 0 Å². The van der Waals surface area contributed by atoms with Gasteiger partial charge in [0, 0.05) is 12.1 Å². The number of benzene rings is 1. The van der Waals surface area contributed by atoms with Crippen LogP contribution in [0.5, 0.6) is 5.75 Å². The van der Waals surface area contributed by atoms with Gasteiger partial charge in [0.2, 0.25) is 0 Å². The molecule has 28 heavy (non-hydrogen) atoms. The topological polar surface area (TPSA) is 122 Å². The molecule has 0 saturated carbocycles. The molecular formula is C19H23N5O4. The number of carboxylic acids is 1. The Kier molecular flexibility index (Phi) is 5.62. The van der Waals surface area contributed by atoms with Crippen molar-refractivity contribution in [3.05, 3.63) is 40.1 Å². The van der Waals surface area contributed by atoms with Crippen molar-refractivity contribution in [2.45, 2.75) is 33.6 Å². The van der Waals surface area contributed by atoms with Crippen molar-refractivity contribution in [3.63, 3.8) is 0 Å². The lowest BCUT2D eigenvalue weighted by atomic mass is 10.1. The number of imidazole rings is 1. The Balaban J connectivity index is 2.16. The lowest BCUT2D eigenvalue weighted by Gasteiger charge is -2.13. The Morgan fingerprint density at radius 3 is 2.82 bits per heavy atom. The summed E-state index contributed by atoms with van der Waals surface area (Å²) in [6, 6.07) is 5.15. The average Bonchev–Trinajstić information content (AvgIpc) is 2.97. The number of rotatable bonds is 8. The van der Waals surface area contributed by atoms with Gasteiger partial charge in [-0.2, -0.15) is 0 Å². The van der Waals surface area contributed by atoms with Crippen LogP contribution in [0.1, 0.15) is 31.8 Å². The number of fused-ring (bicyclic) bond motifs is 1. The zero-order chi connectivity index (χ0) is 20.3. The molecule has 3 N–H and O–H groups in total. The van der Waals surface area contributed by atoms with E-state index in [0.29, 0.717) is 47.1 Å². The second-order valence-electron chi connectivity index (χ2n) is 6.32. The molecule has 2 heterocycles. The summed E-state index contributed by atoms with van der Waals surface area (Å²) in [7, 11) is 0. The van der Waals surface area contributed by atoms with Crippen molar-refractivity contribution in [3.8, 4) is 17.1 Å². The van der Waals surface area contributed by atoms with Gasteiger partial charge in [-0.15, -0.1) is 5.10 Å². The Labute approximate surface area is 161 Å². The molecule has 148 valence electrons. The van der Waals surface area contributed by atoms with E-state index in [-0.39, 0.29) is 12.1 Å². The summed E-state index contributed by atoms with van der Waals surface area (Å²) in [5, 5.41) is 16.3. The number of aromatic amines is 1. The molecule has 9 heteroatoms. The van der Waals surface area contributed by atoms with Gasteiger partial charge < -0.3 is 20.1 Å². The SMILES string of the molecule is CCCc1nc(C)c2c(=O)[nH]c(-c3cc(NCC(=O)O)ccc3OCC)nn12. The third-order valence-electron chi connectivity index (χ3n) is 4.19. The van der Waals surface area contributed by atoms with Gasteiger partial charge in [-0.05, 0) is 38.5 Å². The fraction of sp³-hybridized carbons (Fsp3) is 0.368. The normalized spacial score (nSPS) is 11.0. The minimum Gasteiger partial charge on any atom is -0.493 e. The maximum atomic E-state index is 12.7. The van der Waals surface area contributed by atoms with E-state index in [4.69, 9.17) is 9.84 Å². The molecule has 0 spiro atoms. The number of nitrogens with one attached hydrogen (secondary N) is 2. The molecule has 1 aromatic carbocycles. The first-order valence-electron chi connectivity index (χ1n) is 9.16. The van der Waals surface area contributed by atoms with Gasteiger partial charge in [0.05, 0.1) is 17.9 Å². The van der Waals surface area contributed by atoms with Crippen LogP contribution in [0, 0.1) is 6.92 Å². The highest BCUT2D eigenvalue weighted by Crippen LogP contribution is 2.30. The van der Waals surface area contributed by atoms with Gasteiger partial charge in [-0.25, -0.2) is 9.50 Å². The highest BCUT2D eigenvalue weighted by atomic mass is 16.5. The predicted octanol–water partition coefficient (Wildman–Crippen LogP) is 2.24. The molecule has 0 aliphatic heterocycles. The van der Waals surface area contributed by atoms with Gasteiger partial charge in [0.15, 0.2) is 11.3 Å². The highest BCUT2D eigenvalue weighted by Gasteiger charge is 2.17. The molecule has 0 aliphatic carbocycles. The number of ether oxygens (including phenoxy) is 1. The Bertz CT molecular complexity index is 1070. The standard InChI is InChI=1S/C19H23N5O4/c1-4-6-15-21-11(3)17-19(27)22-18(23-24(15)17)13-9-12(20-10-16(25)26)7-8-14(13)28-5-2/h7-9,20H,4-6,10H2,1-3H3,(H,25,26)(H,22,23,27). The number of H-pyrrole nitrogens is 1. The number of aromatic nitrogens is 4. The highest BCUT2D eigenvalue weighted by molar-refractivity contribution is 5.75. The molecule has 3 rings (SSSR count). The van der Waals surface area contributed by atoms with Crippen molar-refractivity contribution in [1.82, 2.24) is 19.6 Å². The van der Waals surface area contributed by atoms with Crippen LogP contribution in [0.4, 0.5) is 5.69 Å². The van der Waals surface area contributed by atoms with Crippen LogP contribution >= 0.6 is 0 Å². The van der Waals surface area contributed by atoms with Crippen LogP contribution in [-0.2, 0) is 11.2 Å². The van der Waals surface area contributed by atoms with Gasteiger partial charge in [-0.1, -0.05) is 6.92 Å². The Morgan fingerprint density at radius 1 is 1.36 bits per heavy atom. The molecule has 0 aliphatic rings. The zero-order valence-corrected chi connectivity index (χ0v) is 16.1. The first-order valence-corrected chi connectivity index (χ1v) is 9.16. The number of hydrogen-bond acceptors (Lipinski definition) is 6. The van der Waals surface area contributed by atoms with Gasteiger partial charge >= 0.3 is 5.97 Å². The number of anilines is 1. The lowest BCUT2D eigenvalue weighted by Crippen LogP contribution is -2.16. The quantitative estimate of drug-likeness (QED) is 0.543. The number of aryl methyl sites for hydroxylation is 2. The maximum Gasteiger partial charge on any atom is 0.322 e. The van der Waals surface area contributed by atoms with E-state index in [0.717, 1.165) is 12.2 Å². The Morgan fingerprint density at radius 2 is 2.14 bits per heavy atom. The predicted molar refractivity (Wildman–Crippen MR) is 105 cm³/mol. The summed E-state index contributed by atoms with van der Waals surface area (Å²) in [6.45, 7) is 5.89. The maximum absolute atomic E-state index is 12.7. The fourth-order valence-electron chi connectivity index (χ4n) is 3.03. The molecule has 0 radical (unpaired) electrons. The van der Waals surface area contributed by atoms with Crippen molar-refractivity contribution >= 4 is 17.2 Å². The van der Waals surface area contributed by atoms with E-state index in [1.54, 1.807) is 29.6 Å². The zero-order valence-electron chi connectivity index (χ0n) is 16.1. The minimum absolute atomic E-state index is 0.224. The van der Waals surface area contributed by atoms with Gasteiger partial charge in [0.1, 0.15) is 18.1 Å². The molecule has 0 fully saturated rings. The summed E-state index contributed by atoms with van der Waals surface area (Å²) < 4.78 is 7.26. The summed E-state index contributed by atoms with van der Waals surface area (Å²) in [4.78, 5) is 30.8. The van der Waals surface area contributed by atoms with Crippen molar-refractivity contribution < 1.29 is 14.6 Å². The van der Waals surface area contributed by atoms with Gasteiger partial charge in [0.25, 0.3) is 5.56 Å². The molecule has 2 aromatic heterocycles. The molecule has 0 saturated heterocycles. The van der Waals surface area contributed by atoms with Gasteiger partial charge in [-0.3, -0.25) is 9.59 Å². The monoisotopic (exact) mass is 385 g/mol. The van der Waals surface area contributed by atoms with E-state index in [9.17, 15) is 9.59 Å². The van der Waals surface area contributed by atoms with E-state index in [2.05, 4.69) is 20.4 Å². The molecule has 0 atom stereocenters. The second-order valence-corrected chi connectivity index (χ2v) is 6.32. The van der Waals surface area contributed by atoms with E-state index in [1.807, 2.05) is 13.8 Å². The lowest BCUT2D eigenvalue weighted by molar-refractivity contribution is -0.134. The third kappa shape index (κ3) is 3.83. The second kappa shape index (κ2) is 8.12. The van der Waals surface area contributed by atoms with Crippen LogP contribution in [0.15, 0.2) is 23.0 Å². The first-order chi connectivity index (χ1) is 13.4. The van der Waals surface area contributed by atoms with Crippen molar-refractivity contribution in [2.24, 2.45) is 0 Å². The van der Waals surface area contributed by atoms with Crippen LogP contribution in [0.3, 0.4) is 0 Å². The first kappa shape index (κ1) is 19.4. The third-order valence-corrected chi connectivity index (χ3v) is 4.19. The van der Waals surface area contributed by atoms with Crippen molar-refractivity contribution in [1.29, 1.82) is 0 Å². The minimum atomic E-state index is -0.971. The van der Waals surface area contributed by atoms with Crippen LogP contribution in [0.25, 0.3) is 16.9 Å². The number of nitrogens with zero attached hydrogens (tertiary/aromatic N) is 3. The summed E-state index contributed by atoms with van der Waals surface area (Å²) in [6.07, 6.45) is 1.57. The van der Waals surface area contributed by atoms with E-state index < -0.39 is 5.97 Å². The Hall–Kier alpha value is -3.36. The van der Waals surface area contributed by atoms with Crippen LogP contribution in [-0.4, -0.2) is 43.8 Å². The number of aliphatic carboxylic acids is 1. The molecule has 0 unspecified atom stereocenters. The van der Waals surface area contributed by atoms with Crippen LogP contribution < -0.4 is 15.6 Å². The molecule has 0 amide bonds. The van der Waals surface area contributed by atoms with Crippen molar-refractivity contribution in [2.75, 3.05) is 18.5 Å².